The zero-order valence-electron chi connectivity index (χ0n) is 14.8. The predicted molar refractivity (Wildman–Crippen MR) is 94.1 cm³/mol. The summed E-state index contributed by atoms with van der Waals surface area (Å²) in [5.74, 6) is 0.482. The summed E-state index contributed by atoms with van der Waals surface area (Å²) in [7, 11) is -3.58. The van der Waals surface area contributed by atoms with Crippen molar-refractivity contribution in [2.75, 3.05) is 11.6 Å². The molecule has 0 spiro atoms. The van der Waals surface area contributed by atoms with Gasteiger partial charge in [-0.25, -0.2) is 13.4 Å². The normalized spacial score (nSPS) is 16.5. The van der Waals surface area contributed by atoms with E-state index in [0.29, 0.717) is 18.2 Å². The SMILES string of the molecule is Cc1ccc(NC(=O)C(CC2CCCC2)n2nnc(S(C)(=O)=O)n2)nc1. The van der Waals surface area contributed by atoms with Gasteiger partial charge in [0.25, 0.3) is 11.1 Å². The number of aryl methyl sites for hydroxylation is 1. The van der Waals surface area contributed by atoms with Gasteiger partial charge in [0.05, 0.1) is 0 Å². The van der Waals surface area contributed by atoms with E-state index >= 15 is 0 Å². The topological polar surface area (TPSA) is 120 Å². The van der Waals surface area contributed by atoms with Crippen LogP contribution in [-0.2, 0) is 14.6 Å². The van der Waals surface area contributed by atoms with Crippen LogP contribution in [0.2, 0.25) is 0 Å². The van der Waals surface area contributed by atoms with Crippen LogP contribution >= 0.6 is 0 Å². The van der Waals surface area contributed by atoms with Crippen LogP contribution < -0.4 is 5.32 Å². The van der Waals surface area contributed by atoms with Crippen LogP contribution in [0.3, 0.4) is 0 Å². The molecule has 1 aliphatic rings. The molecule has 1 aliphatic carbocycles. The second-order valence-corrected chi connectivity index (χ2v) is 8.69. The molecule has 26 heavy (non-hydrogen) atoms. The molecule has 1 fully saturated rings. The summed E-state index contributed by atoms with van der Waals surface area (Å²) in [4.78, 5) is 18.1. The highest BCUT2D eigenvalue weighted by molar-refractivity contribution is 7.90. The van der Waals surface area contributed by atoms with E-state index in [4.69, 9.17) is 0 Å². The van der Waals surface area contributed by atoms with E-state index in [1.165, 1.54) is 0 Å². The Balaban J connectivity index is 1.83. The Labute approximate surface area is 152 Å². The van der Waals surface area contributed by atoms with Crippen LogP contribution in [0, 0.1) is 12.8 Å². The van der Waals surface area contributed by atoms with Gasteiger partial charge in [-0.05, 0) is 36.1 Å². The molecular weight excluding hydrogens is 356 g/mol. The monoisotopic (exact) mass is 378 g/mol. The van der Waals surface area contributed by atoms with Crippen LogP contribution in [-0.4, -0.2) is 45.8 Å². The fourth-order valence-electron chi connectivity index (χ4n) is 3.11. The lowest BCUT2D eigenvalue weighted by atomic mass is 9.98. The maximum Gasteiger partial charge on any atom is 0.288 e. The molecule has 1 unspecified atom stereocenters. The second-order valence-electron chi connectivity index (χ2n) is 6.78. The molecular formula is C16H22N6O3S. The highest BCUT2D eigenvalue weighted by atomic mass is 32.2. The van der Waals surface area contributed by atoms with Gasteiger partial charge >= 0.3 is 0 Å². The lowest BCUT2D eigenvalue weighted by Gasteiger charge is -2.18. The number of carbonyl (C=O) groups is 1. The minimum atomic E-state index is -3.58. The van der Waals surface area contributed by atoms with Gasteiger partial charge in [0, 0.05) is 12.5 Å². The first-order valence-corrected chi connectivity index (χ1v) is 10.4. The standard InChI is InChI=1S/C16H22N6O3S/c1-11-7-8-14(17-10-11)18-15(23)13(9-12-5-3-4-6-12)22-20-16(19-21-22)26(2,24)25/h7-8,10,12-13H,3-6,9H2,1-2H3,(H,17,18,23). The molecule has 0 aromatic carbocycles. The van der Waals surface area contributed by atoms with Crippen molar-refractivity contribution < 1.29 is 13.2 Å². The van der Waals surface area contributed by atoms with Gasteiger partial charge in [0.2, 0.25) is 9.84 Å². The van der Waals surface area contributed by atoms with Gasteiger partial charge in [0.15, 0.2) is 6.04 Å². The number of anilines is 1. The van der Waals surface area contributed by atoms with Crippen molar-refractivity contribution in [2.45, 2.75) is 50.2 Å². The summed E-state index contributed by atoms with van der Waals surface area (Å²) in [5, 5.41) is 13.7. The number of pyridine rings is 1. The Bertz CT molecular complexity index is 872. The van der Waals surface area contributed by atoms with E-state index in [0.717, 1.165) is 42.3 Å². The van der Waals surface area contributed by atoms with Gasteiger partial charge in [-0.1, -0.05) is 36.8 Å². The van der Waals surface area contributed by atoms with Crippen molar-refractivity contribution in [3.63, 3.8) is 0 Å². The lowest BCUT2D eigenvalue weighted by Crippen LogP contribution is -2.29. The molecule has 1 N–H and O–H groups in total. The van der Waals surface area contributed by atoms with Crippen LogP contribution in [0.5, 0.6) is 0 Å². The maximum absolute atomic E-state index is 12.8. The summed E-state index contributed by atoms with van der Waals surface area (Å²) < 4.78 is 23.2. The average molecular weight is 378 g/mol. The van der Waals surface area contributed by atoms with Crippen LogP contribution in [0.1, 0.15) is 43.7 Å². The highest BCUT2D eigenvalue weighted by Crippen LogP contribution is 2.32. The Morgan fingerprint density at radius 1 is 1.35 bits per heavy atom. The van der Waals surface area contributed by atoms with E-state index in [-0.39, 0.29) is 11.1 Å². The zero-order valence-corrected chi connectivity index (χ0v) is 15.6. The van der Waals surface area contributed by atoms with Gasteiger partial charge < -0.3 is 5.32 Å². The maximum atomic E-state index is 12.8. The molecule has 2 heterocycles. The number of hydrogen-bond acceptors (Lipinski definition) is 7. The molecule has 1 saturated carbocycles. The quantitative estimate of drug-likeness (QED) is 0.809. The zero-order chi connectivity index (χ0) is 18.7. The summed E-state index contributed by atoms with van der Waals surface area (Å²) in [6, 6.07) is 2.84. The predicted octanol–water partition coefficient (Wildman–Crippen LogP) is 1.54. The second kappa shape index (κ2) is 7.48. The first kappa shape index (κ1) is 18.4. The van der Waals surface area contributed by atoms with E-state index in [2.05, 4.69) is 25.7 Å². The molecule has 9 nitrogen and oxygen atoms in total. The Morgan fingerprint density at radius 3 is 2.65 bits per heavy atom. The van der Waals surface area contributed by atoms with Crippen molar-refractivity contribution in [3.8, 4) is 0 Å². The smallest absolute Gasteiger partial charge is 0.288 e. The number of tetrazole rings is 1. The van der Waals surface area contributed by atoms with Gasteiger partial charge in [-0.15, -0.1) is 5.10 Å². The van der Waals surface area contributed by atoms with E-state index in [1.54, 1.807) is 12.3 Å². The molecule has 0 radical (unpaired) electrons. The fourth-order valence-corrected chi connectivity index (χ4v) is 3.53. The van der Waals surface area contributed by atoms with Crippen molar-refractivity contribution in [3.05, 3.63) is 23.9 Å². The Kier molecular flexibility index (Phi) is 5.30. The first-order chi connectivity index (χ1) is 12.3. The Morgan fingerprint density at radius 2 is 2.08 bits per heavy atom. The van der Waals surface area contributed by atoms with Crippen LogP contribution in [0.15, 0.2) is 23.5 Å². The summed E-state index contributed by atoms with van der Waals surface area (Å²) >= 11 is 0. The lowest BCUT2D eigenvalue weighted by molar-refractivity contribution is -0.120. The van der Waals surface area contributed by atoms with Crippen LogP contribution in [0.25, 0.3) is 0 Å². The first-order valence-electron chi connectivity index (χ1n) is 8.56. The number of sulfone groups is 1. The molecule has 3 rings (SSSR count). The van der Waals surface area contributed by atoms with Crippen LogP contribution in [0.4, 0.5) is 5.82 Å². The molecule has 1 amide bonds. The molecule has 10 heteroatoms. The van der Waals surface area contributed by atoms with E-state index < -0.39 is 15.9 Å². The van der Waals surface area contributed by atoms with Gasteiger partial charge in [-0.2, -0.15) is 4.80 Å². The van der Waals surface area contributed by atoms with Crippen molar-refractivity contribution in [1.82, 2.24) is 25.2 Å². The number of hydrogen-bond donors (Lipinski definition) is 1. The molecule has 0 bridgehead atoms. The largest absolute Gasteiger partial charge is 0.309 e. The minimum Gasteiger partial charge on any atom is -0.309 e. The number of aromatic nitrogens is 5. The number of amides is 1. The van der Waals surface area contributed by atoms with Gasteiger partial charge in [-0.3, -0.25) is 4.79 Å². The Hall–Kier alpha value is -2.36. The molecule has 2 aromatic rings. The summed E-state index contributed by atoms with van der Waals surface area (Å²) in [6.45, 7) is 1.91. The number of nitrogens with zero attached hydrogens (tertiary/aromatic N) is 5. The highest BCUT2D eigenvalue weighted by Gasteiger charge is 2.30. The fraction of sp³-hybridized carbons (Fsp3) is 0.562. The van der Waals surface area contributed by atoms with Crippen molar-refractivity contribution >= 4 is 21.6 Å². The summed E-state index contributed by atoms with van der Waals surface area (Å²) in [5.41, 5.74) is 0.987. The third kappa shape index (κ3) is 4.43. The van der Waals surface area contributed by atoms with Crippen molar-refractivity contribution in [1.29, 1.82) is 0 Å². The van der Waals surface area contributed by atoms with E-state index in [9.17, 15) is 13.2 Å². The minimum absolute atomic E-state index is 0.328. The van der Waals surface area contributed by atoms with E-state index in [1.807, 2.05) is 13.0 Å². The van der Waals surface area contributed by atoms with Crippen molar-refractivity contribution in [2.24, 2.45) is 5.92 Å². The molecule has 0 saturated heterocycles. The number of rotatable bonds is 6. The molecule has 1 atom stereocenters. The molecule has 2 aromatic heterocycles. The average Bonchev–Trinajstić information content (AvgIpc) is 3.25. The third-order valence-electron chi connectivity index (χ3n) is 4.52. The van der Waals surface area contributed by atoms with Gasteiger partial charge in [0.1, 0.15) is 5.82 Å². The molecule has 0 aliphatic heterocycles. The number of nitrogens with one attached hydrogen (secondary N) is 1. The molecule has 140 valence electrons. The third-order valence-corrected chi connectivity index (χ3v) is 5.34. The number of carbonyl (C=O) groups excluding carboxylic acids is 1. The summed E-state index contributed by atoms with van der Waals surface area (Å²) in [6.07, 6.45) is 7.57.